The average Bonchev–Trinajstić information content (AvgIpc) is 3.06. The fourth-order valence-corrected chi connectivity index (χ4v) is 3.54. The number of morpholine rings is 1. The van der Waals surface area contributed by atoms with E-state index < -0.39 is 11.2 Å². The molecule has 0 saturated carbocycles. The molecule has 2 aliphatic rings. The minimum absolute atomic E-state index is 0.0344. The minimum Gasteiger partial charge on any atom is -0.483 e. The SMILES string of the molecule is CN(C)C(=O)C[C@H]1CN2C[C@H](NC(=O)Cn3ccc(=O)[nH]c3=O)C[C@H]2CO1.O=CO. The van der Waals surface area contributed by atoms with Gasteiger partial charge in [0.2, 0.25) is 11.8 Å². The lowest BCUT2D eigenvalue weighted by Crippen LogP contribution is -2.47. The van der Waals surface area contributed by atoms with Crippen LogP contribution in [0.4, 0.5) is 0 Å². The van der Waals surface area contributed by atoms with E-state index in [2.05, 4.69) is 15.2 Å². The summed E-state index contributed by atoms with van der Waals surface area (Å²) in [5.74, 6) is -0.247. The maximum Gasteiger partial charge on any atom is 0.328 e. The van der Waals surface area contributed by atoms with Crippen molar-refractivity contribution in [2.75, 3.05) is 33.8 Å². The molecule has 0 aromatic carbocycles. The van der Waals surface area contributed by atoms with Crippen molar-refractivity contribution < 1.29 is 24.2 Å². The van der Waals surface area contributed by atoms with E-state index in [9.17, 15) is 19.2 Å². The number of nitrogens with one attached hydrogen (secondary N) is 2. The van der Waals surface area contributed by atoms with Gasteiger partial charge in [0.05, 0.1) is 19.1 Å². The number of ether oxygens (including phenoxy) is 1. The highest BCUT2D eigenvalue weighted by molar-refractivity contribution is 5.76. The predicted molar refractivity (Wildman–Crippen MR) is 105 cm³/mol. The van der Waals surface area contributed by atoms with Crippen LogP contribution in [0.25, 0.3) is 0 Å². The molecule has 2 amide bonds. The summed E-state index contributed by atoms with van der Waals surface area (Å²) in [4.78, 5) is 61.1. The lowest BCUT2D eigenvalue weighted by Gasteiger charge is -2.35. The van der Waals surface area contributed by atoms with Crippen LogP contribution in [-0.2, 0) is 25.7 Å². The number of fused-ring (bicyclic) bond motifs is 1. The number of carbonyl (C=O) groups is 3. The molecule has 1 aromatic rings. The molecule has 3 N–H and O–H groups in total. The summed E-state index contributed by atoms with van der Waals surface area (Å²) in [6.45, 7) is 1.49. The Morgan fingerprint density at radius 2 is 2.07 bits per heavy atom. The second-order valence-electron chi connectivity index (χ2n) is 7.40. The van der Waals surface area contributed by atoms with Gasteiger partial charge in [-0.1, -0.05) is 0 Å². The number of carbonyl (C=O) groups excluding carboxylic acids is 2. The van der Waals surface area contributed by atoms with Gasteiger partial charge in [-0.05, 0) is 6.42 Å². The maximum atomic E-state index is 12.2. The molecule has 1 aromatic heterocycles. The van der Waals surface area contributed by atoms with Gasteiger partial charge < -0.3 is 20.1 Å². The lowest BCUT2D eigenvalue weighted by molar-refractivity contribution is -0.134. The first-order valence-electron chi connectivity index (χ1n) is 9.46. The Morgan fingerprint density at radius 3 is 2.70 bits per heavy atom. The molecule has 12 nitrogen and oxygen atoms in total. The fourth-order valence-electron chi connectivity index (χ4n) is 3.54. The van der Waals surface area contributed by atoms with Crippen molar-refractivity contribution in [2.45, 2.75) is 37.6 Å². The lowest BCUT2D eigenvalue weighted by atomic mass is 10.1. The van der Waals surface area contributed by atoms with Crippen molar-refractivity contribution in [2.24, 2.45) is 0 Å². The summed E-state index contributed by atoms with van der Waals surface area (Å²) >= 11 is 0. The first-order valence-corrected chi connectivity index (χ1v) is 9.46. The highest BCUT2D eigenvalue weighted by Crippen LogP contribution is 2.24. The number of H-pyrrole nitrogens is 1. The Kier molecular flexibility index (Phi) is 8.30. The van der Waals surface area contributed by atoms with Crippen molar-refractivity contribution in [1.82, 2.24) is 24.7 Å². The smallest absolute Gasteiger partial charge is 0.328 e. The maximum absolute atomic E-state index is 12.2. The number of hydrogen-bond acceptors (Lipinski definition) is 7. The van der Waals surface area contributed by atoms with E-state index >= 15 is 0 Å². The Bertz CT molecular complexity index is 865. The van der Waals surface area contributed by atoms with Gasteiger partial charge in [-0.15, -0.1) is 0 Å². The van der Waals surface area contributed by atoms with Gasteiger partial charge in [0.15, 0.2) is 0 Å². The molecule has 2 fully saturated rings. The van der Waals surface area contributed by atoms with Crippen LogP contribution in [-0.4, -0.2) is 94.7 Å². The molecular formula is C18H27N5O7. The molecule has 166 valence electrons. The third-order valence-electron chi connectivity index (χ3n) is 4.97. The molecule has 3 atom stereocenters. The molecule has 0 radical (unpaired) electrons. The largest absolute Gasteiger partial charge is 0.483 e. The summed E-state index contributed by atoms with van der Waals surface area (Å²) in [5, 5.41) is 9.83. The van der Waals surface area contributed by atoms with Crippen molar-refractivity contribution in [1.29, 1.82) is 0 Å². The van der Waals surface area contributed by atoms with E-state index in [1.54, 1.807) is 19.0 Å². The van der Waals surface area contributed by atoms with Crippen LogP contribution < -0.4 is 16.6 Å². The number of rotatable bonds is 5. The molecule has 2 saturated heterocycles. The molecule has 2 aliphatic heterocycles. The number of amides is 2. The molecule has 3 rings (SSSR count). The molecular weight excluding hydrogens is 398 g/mol. The van der Waals surface area contributed by atoms with Crippen LogP contribution in [0.1, 0.15) is 12.8 Å². The Morgan fingerprint density at radius 1 is 1.37 bits per heavy atom. The van der Waals surface area contributed by atoms with Gasteiger partial charge in [0.25, 0.3) is 12.0 Å². The molecule has 3 heterocycles. The van der Waals surface area contributed by atoms with Gasteiger partial charge in [-0.25, -0.2) is 4.79 Å². The van der Waals surface area contributed by atoms with Crippen molar-refractivity contribution in [3.05, 3.63) is 33.1 Å². The molecule has 12 heteroatoms. The van der Waals surface area contributed by atoms with Crippen LogP contribution in [0.3, 0.4) is 0 Å². The minimum atomic E-state index is -0.608. The van der Waals surface area contributed by atoms with Crippen molar-refractivity contribution in [3.63, 3.8) is 0 Å². The Labute approximate surface area is 172 Å². The first kappa shape index (κ1) is 23.3. The molecule has 0 aliphatic carbocycles. The standard InChI is InChI=1S/C17H25N5O5.CH2O2/c1-20(2)16(25)6-13-8-22-7-11(5-12(22)10-27-13)18-15(24)9-21-4-3-14(23)19-17(21)26;2-1-3/h3-4,11-13H,5-10H2,1-2H3,(H,18,24)(H,19,23,26);1H,(H,2,3)/t11-,12+,13+;/m1./s1. The van der Waals surface area contributed by atoms with Gasteiger partial charge in [0, 0.05) is 51.5 Å². The number of nitrogens with zero attached hydrogens (tertiary/aromatic N) is 3. The van der Waals surface area contributed by atoms with Gasteiger partial charge in [-0.3, -0.25) is 33.6 Å². The van der Waals surface area contributed by atoms with Crippen LogP contribution >= 0.6 is 0 Å². The van der Waals surface area contributed by atoms with Crippen LogP contribution in [0.5, 0.6) is 0 Å². The fraction of sp³-hybridized carbons (Fsp3) is 0.611. The molecule has 0 bridgehead atoms. The summed E-state index contributed by atoms with van der Waals surface area (Å²) in [6, 6.07) is 1.39. The van der Waals surface area contributed by atoms with Crippen LogP contribution in [0, 0.1) is 0 Å². The van der Waals surface area contributed by atoms with E-state index in [4.69, 9.17) is 14.6 Å². The quantitative estimate of drug-likeness (QED) is 0.444. The van der Waals surface area contributed by atoms with Gasteiger partial charge in [0.1, 0.15) is 6.54 Å². The summed E-state index contributed by atoms with van der Waals surface area (Å²) in [7, 11) is 3.45. The monoisotopic (exact) mass is 425 g/mol. The number of aromatic nitrogens is 2. The first-order chi connectivity index (χ1) is 14.2. The highest BCUT2D eigenvalue weighted by atomic mass is 16.5. The topological polar surface area (TPSA) is 154 Å². The number of aromatic amines is 1. The van der Waals surface area contributed by atoms with Crippen molar-refractivity contribution >= 4 is 18.3 Å². The zero-order valence-electron chi connectivity index (χ0n) is 16.9. The van der Waals surface area contributed by atoms with Crippen LogP contribution in [0.15, 0.2) is 21.9 Å². The van der Waals surface area contributed by atoms with E-state index in [0.29, 0.717) is 26.1 Å². The van der Waals surface area contributed by atoms with E-state index in [1.165, 1.54) is 12.3 Å². The second-order valence-corrected chi connectivity index (χ2v) is 7.40. The normalized spacial score (nSPS) is 22.9. The number of hydrogen-bond donors (Lipinski definition) is 3. The Balaban J connectivity index is 0.00000101. The molecule has 30 heavy (non-hydrogen) atoms. The molecule has 0 spiro atoms. The van der Waals surface area contributed by atoms with E-state index in [0.717, 1.165) is 11.0 Å². The molecule has 0 unspecified atom stereocenters. The third kappa shape index (κ3) is 6.52. The average molecular weight is 425 g/mol. The number of carboxylic acid groups (broad SMARTS) is 1. The second kappa shape index (κ2) is 10.7. The zero-order valence-corrected chi connectivity index (χ0v) is 16.9. The highest BCUT2D eigenvalue weighted by Gasteiger charge is 2.38. The summed E-state index contributed by atoms with van der Waals surface area (Å²) in [6.07, 6.45) is 2.28. The third-order valence-corrected chi connectivity index (χ3v) is 4.97. The van der Waals surface area contributed by atoms with Gasteiger partial charge >= 0.3 is 5.69 Å². The Hall–Kier alpha value is -2.99. The van der Waals surface area contributed by atoms with Crippen molar-refractivity contribution in [3.8, 4) is 0 Å². The van der Waals surface area contributed by atoms with Crippen LogP contribution in [0.2, 0.25) is 0 Å². The summed E-state index contributed by atoms with van der Waals surface area (Å²) < 4.78 is 6.97. The van der Waals surface area contributed by atoms with E-state index in [1.807, 2.05) is 0 Å². The predicted octanol–water partition coefficient (Wildman–Crippen LogP) is -2.33. The van der Waals surface area contributed by atoms with Gasteiger partial charge in [-0.2, -0.15) is 0 Å². The summed E-state index contributed by atoms with van der Waals surface area (Å²) in [5.41, 5.74) is -1.10. The zero-order chi connectivity index (χ0) is 22.3. The van der Waals surface area contributed by atoms with E-state index in [-0.39, 0.29) is 43.0 Å².